The quantitative estimate of drug-likeness (QED) is 0.237. The minimum atomic E-state index is -3.87. The summed E-state index contributed by atoms with van der Waals surface area (Å²) in [6, 6.07) is 2.89. The zero-order valence-electron chi connectivity index (χ0n) is 22.3. The van der Waals surface area contributed by atoms with E-state index in [1.807, 2.05) is 0 Å². The molecule has 5 aromatic heterocycles. The largest absolute Gasteiger partial charge is 0.376 e. The summed E-state index contributed by atoms with van der Waals surface area (Å²) in [4.78, 5) is 17.9. The van der Waals surface area contributed by atoms with Gasteiger partial charge in [0.15, 0.2) is 11.2 Å². The van der Waals surface area contributed by atoms with Gasteiger partial charge in [-0.1, -0.05) is 0 Å². The number of aryl methyl sites for hydroxylation is 1. The lowest BCUT2D eigenvalue weighted by atomic mass is 10.0. The average molecular weight is 611 g/mol. The lowest BCUT2D eigenvalue weighted by Gasteiger charge is -2.18. The predicted octanol–water partition coefficient (Wildman–Crippen LogP) is -0.649. The number of nitrogens with zero attached hydrogens (tertiary/aromatic N) is 10. The zero-order chi connectivity index (χ0) is 29.4. The molecule has 0 aliphatic heterocycles. The van der Waals surface area contributed by atoms with Crippen LogP contribution in [0.3, 0.4) is 0 Å². The zero-order valence-corrected chi connectivity index (χ0v) is 24.7. The second kappa shape index (κ2) is 9.28. The van der Waals surface area contributed by atoms with Crippen LogP contribution in [0.5, 0.6) is 0 Å². The van der Waals surface area contributed by atoms with Crippen molar-refractivity contribution in [2.45, 2.75) is 19.1 Å². The number of aliphatic hydroxyl groups is 1. The summed E-state index contributed by atoms with van der Waals surface area (Å²) < 4.78 is 56.4. The standard InChI is InChI=1S/C21H26N10O6S3/c1-21(33,15-8-10-31(25-15)40(36,37)27(4)5)20-23-18-17(38-20)14-11-22-29(19(32)16(14)28(18)6)12-13-7-9-30(24-13)39(34,35)26(2)3/h7-11,33H,12H2,1-6H3. The molecule has 0 aliphatic carbocycles. The lowest BCUT2D eigenvalue weighted by molar-refractivity contribution is 0.0969. The minimum Gasteiger partial charge on any atom is -0.376 e. The number of rotatable bonds is 8. The molecule has 19 heteroatoms. The van der Waals surface area contributed by atoms with Crippen LogP contribution in [0.4, 0.5) is 0 Å². The number of thiazole rings is 1. The molecule has 40 heavy (non-hydrogen) atoms. The van der Waals surface area contributed by atoms with Gasteiger partial charge in [0, 0.05) is 53.0 Å². The molecule has 1 atom stereocenters. The van der Waals surface area contributed by atoms with Crippen molar-refractivity contribution in [2.75, 3.05) is 28.2 Å². The van der Waals surface area contributed by atoms with Crippen molar-refractivity contribution in [3.05, 3.63) is 57.5 Å². The molecule has 0 bridgehead atoms. The van der Waals surface area contributed by atoms with Gasteiger partial charge >= 0.3 is 20.4 Å². The second-order valence-electron chi connectivity index (χ2n) is 9.51. The molecule has 5 heterocycles. The normalized spacial score (nSPS) is 14.6. The van der Waals surface area contributed by atoms with E-state index in [2.05, 4.69) is 20.3 Å². The van der Waals surface area contributed by atoms with Crippen LogP contribution in [0.2, 0.25) is 0 Å². The third-order valence-electron chi connectivity index (χ3n) is 6.34. The monoisotopic (exact) mass is 610 g/mol. The van der Waals surface area contributed by atoms with Gasteiger partial charge in [0.05, 0.1) is 23.1 Å². The molecule has 16 nitrogen and oxygen atoms in total. The second-order valence-corrected chi connectivity index (χ2v) is 14.5. The van der Waals surface area contributed by atoms with Crippen molar-refractivity contribution in [3.8, 4) is 0 Å². The number of fused-ring (bicyclic) bond motifs is 3. The Bertz CT molecular complexity index is 2040. The van der Waals surface area contributed by atoms with Crippen LogP contribution in [0.1, 0.15) is 23.3 Å². The van der Waals surface area contributed by atoms with Crippen LogP contribution in [0, 0.1) is 0 Å². The summed E-state index contributed by atoms with van der Waals surface area (Å²) in [5.41, 5.74) is -1.02. The molecule has 0 fully saturated rings. The fourth-order valence-corrected chi connectivity index (χ4v) is 6.62. The number of aromatic nitrogens is 8. The highest BCUT2D eigenvalue weighted by Crippen LogP contribution is 2.37. The highest BCUT2D eigenvalue weighted by atomic mass is 32.2. The summed E-state index contributed by atoms with van der Waals surface area (Å²) in [5.74, 6) is 0. The van der Waals surface area contributed by atoms with E-state index < -0.39 is 31.6 Å². The van der Waals surface area contributed by atoms with Crippen molar-refractivity contribution in [1.82, 2.24) is 46.3 Å². The molecule has 1 N–H and O–H groups in total. The predicted molar refractivity (Wildman–Crippen MR) is 146 cm³/mol. The van der Waals surface area contributed by atoms with E-state index in [1.165, 1.54) is 70.5 Å². The van der Waals surface area contributed by atoms with Crippen molar-refractivity contribution >= 4 is 53.0 Å². The first kappa shape index (κ1) is 28.1. The van der Waals surface area contributed by atoms with Gasteiger partial charge in [-0.2, -0.15) is 48.9 Å². The molecule has 0 saturated carbocycles. The maximum absolute atomic E-state index is 13.4. The smallest absolute Gasteiger partial charge is 0.322 e. The Kier molecular flexibility index (Phi) is 6.51. The molecule has 1 unspecified atom stereocenters. The Balaban J connectivity index is 1.52. The van der Waals surface area contributed by atoms with Crippen LogP contribution < -0.4 is 5.56 Å². The van der Waals surface area contributed by atoms with Crippen LogP contribution in [0.15, 0.2) is 35.5 Å². The summed E-state index contributed by atoms with van der Waals surface area (Å²) in [5, 5.41) is 24.5. The molecule has 0 radical (unpaired) electrons. The first-order valence-corrected chi connectivity index (χ1v) is 15.2. The maximum atomic E-state index is 13.4. The topological polar surface area (TPSA) is 183 Å². The van der Waals surface area contributed by atoms with E-state index in [1.54, 1.807) is 11.6 Å². The fraction of sp³-hybridized carbons (Fsp3) is 0.381. The van der Waals surface area contributed by atoms with Crippen molar-refractivity contribution in [2.24, 2.45) is 7.05 Å². The van der Waals surface area contributed by atoms with Gasteiger partial charge in [-0.15, -0.1) is 11.3 Å². The molecule has 0 spiro atoms. The van der Waals surface area contributed by atoms with Gasteiger partial charge in [0.25, 0.3) is 5.56 Å². The molecule has 214 valence electrons. The highest BCUT2D eigenvalue weighted by molar-refractivity contribution is 7.87. The van der Waals surface area contributed by atoms with Crippen molar-refractivity contribution in [3.63, 3.8) is 0 Å². The molecular formula is C21H26N10O6S3. The van der Waals surface area contributed by atoms with E-state index in [4.69, 9.17) is 0 Å². The van der Waals surface area contributed by atoms with Crippen LogP contribution in [-0.4, -0.2) is 96.4 Å². The molecule has 0 aromatic carbocycles. The third-order valence-corrected chi connectivity index (χ3v) is 10.8. The summed E-state index contributed by atoms with van der Waals surface area (Å²) in [6.45, 7) is 1.40. The van der Waals surface area contributed by atoms with Crippen molar-refractivity contribution < 1.29 is 21.9 Å². The molecule has 5 rings (SSSR count). The van der Waals surface area contributed by atoms with E-state index in [-0.39, 0.29) is 17.2 Å². The Hall–Kier alpha value is -3.49. The Morgan fingerprint density at radius 3 is 2.23 bits per heavy atom. The molecule has 0 amide bonds. The molecular weight excluding hydrogens is 584 g/mol. The Labute approximate surface area is 232 Å². The summed E-state index contributed by atoms with van der Waals surface area (Å²) in [6.07, 6.45) is 4.04. The Morgan fingerprint density at radius 2 is 1.60 bits per heavy atom. The van der Waals surface area contributed by atoms with Gasteiger partial charge in [-0.3, -0.25) is 4.79 Å². The van der Waals surface area contributed by atoms with Crippen LogP contribution in [-0.2, 0) is 39.6 Å². The van der Waals surface area contributed by atoms with Gasteiger partial charge in [-0.25, -0.2) is 9.67 Å². The fourth-order valence-electron chi connectivity index (χ4n) is 3.96. The van der Waals surface area contributed by atoms with Crippen molar-refractivity contribution in [1.29, 1.82) is 0 Å². The first-order chi connectivity index (χ1) is 18.6. The Morgan fingerprint density at radius 1 is 1.00 bits per heavy atom. The van der Waals surface area contributed by atoms with Gasteiger partial charge in [0.1, 0.15) is 16.2 Å². The highest BCUT2D eigenvalue weighted by Gasteiger charge is 2.35. The maximum Gasteiger partial charge on any atom is 0.322 e. The summed E-state index contributed by atoms with van der Waals surface area (Å²) >= 11 is 1.13. The minimum absolute atomic E-state index is 0.0601. The van der Waals surface area contributed by atoms with Crippen LogP contribution >= 0.6 is 11.3 Å². The van der Waals surface area contributed by atoms with Gasteiger partial charge < -0.3 is 9.67 Å². The number of hydrogen-bond acceptors (Lipinski definition) is 11. The average Bonchev–Trinajstić information content (AvgIpc) is 3.66. The van der Waals surface area contributed by atoms with E-state index in [9.17, 15) is 26.7 Å². The number of hydrogen-bond donors (Lipinski definition) is 1. The molecule has 0 saturated heterocycles. The third kappa shape index (κ3) is 4.25. The lowest BCUT2D eigenvalue weighted by Crippen LogP contribution is -2.30. The molecule has 5 aromatic rings. The van der Waals surface area contributed by atoms with E-state index in [0.29, 0.717) is 26.9 Å². The van der Waals surface area contributed by atoms with Gasteiger partial charge in [0.2, 0.25) is 0 Å². The summed E-state index contributed by atoms with van der Waals surface area (Å²) in [7, 11) is -0.481. The van der Waals surface area contributed by atoms with E-state index in [0.717, 1.165) is 28.1 Å². The van der Waals surface area contributed by atoms with Gasteiger partial charge in [-0.05, 0) is 19.1 Å². The SMILES string of the molecule is CN(C)S(=O)(=O)n1ccc(Cn2ncc3c4sc(C(C)(O)c5ccn(S(=O)(=O)N(C)C)n5)nc4n(C)c3c2=O)n1. The first-order valence-electron chi connectivity index (χ1n) is 11.6. The van der Waals surface area contributed by atoms with Crippen LogP contribution in [0.25, 0.3) is 21.3 Å². The molecule has 0 aliphatic rings. The van der Waals surface area contributed by atoms with E-state index >= 15 is 0 Å².